The largest absolute Gasteiger partial charge is 0.465 e. The highest BCUT2D eigenvalue weighted by molar-refractivity contribution is 5.68. The maximum atomic E-state index is 14.2. The van der Waals surface area contributed by atoms with Gasteiger partial charge < -0.3 is 15.7 Å². The molecule has 0 spiro atoms. The van der Waals surface area contributed by atoms with Crippen molar-refractivity contribution in [2.24, 2.45) is 0 Å². The number of piperidine rings is 1. The summed E-state index contributed by atoms with van der Waals surface area (Å²) in [7, 11) is 0. The molecule has 1 saturated heterocycles. The summed E-state index contributed by atoms with van der Waals surface area (Å²) < 4.78 is 14.2. The predicted molar refractivity (Wildman–Crippen MR) is 83.8 cm³/mol. The number of anilines is 2. The molecular weight excluding hydrogens is 287 g/mol. The zero-order valence-electron chi connectivity index (χ0n) is 13.2. The Morgan fingerprint density at radius 1 is 1.50 bits per heavy atom. The van der Waals surface area contributed by atoms with E-state index in [0.717, 1.165) is 0 Å². The van der Waals surface area contributed by atoms with Gasteiger partial charge >= 0.3 is 6.09 Å². The van der Waals surface area contributed by atoms with Crippen LogP contribution in [0.15, 0.2) is 18.5 Å². The van der Waals surface area contributed by atoms with E-state index in [2.05, 4.69) is 4.98 Å². The third-order valence-electron chi connectivity index (χ3n) is 3.84. The lowest BCUT2D eigenvalue weighted by Crippen LogP contribution is -2.59. The summed E-state index contributed by atoms with van der Waals surface area (Å²) in [6.07, 6.45) is 1.18. The fourth-order valence-corrected chi connectivity index (χ4v) is 3.07. The molecule has 0 aliphatic carbocycles. The highest BCUT2D eigenvalue weighted by Crippen LogP contribution is 2.30. The van der Waals surface area contributed by atoms with Crippen molar-refractivity contribution >= 4 is 17.5 Å². The summed E-state index contributed by atoms with van der Waals surface area (Å²) in [5.74, 6) is 0. The Labute approximate surface area is 129 Å². The van der Waals surface area contributed by atoms with Crippen molar-refractivity contribution in [2.75, 3.05) is 23.7 Å². The van der Waals surface area contributed by atoms with Crippen LogP contribution in [0.3, 0.4) is 0 Å². The topological polar surface area (TPSA) is 82.7 Å². The third kappa shape index (κ3) is 3.40. The lowest BCUT2D eigenvalue weighted by atomic mass is 9.96. The first kappa shape index (κ1) is 16.3. The highest BCUT2D eigenvalue weighted by Gasteiger charge is 2.39. The standard InChI is InChI=1S/C15H23FN4O2/c1-15(2,3)20(14(21)22)11-6-10(16)8-19(9-11)13-4-5-18-7-12(13)17/h4-5,7,10-11H,6,8-9,17H2,1-3H3,(H,21,22)/t10-,11+/m1/s1. The fraction of sp³-hybridized carbons (Fsp3) is 0.600. The summed E-state index contributed by atoms with van der Waals surface area (Å²) in [6.45, 7) is 6.07. The molecule has 6 nitrogen and oxygen atoms in total. The fourth-order valence-electron chi connectivity index (χ4n) is 3.07. The van der Waals surface area contributed by atoms with Gasteiger partial charge in [-0.15, -0.1) is 0 Å². The van der Waals surface area contributed by atoms with Crippen LogP contribution >= 0.6 is 0 Å². The first-order valence-electron chi connectivity index (χ1n) is 7.31. The number of pyridine rings is 1. The lowest BCUT2D eigenvalue weighted by molar-refractivity contribution is 0.0532. The van der Waals surface area contributed by atoms with E-state index in [1.165, 1.54) is 11.1 Å². The van der Waals surface area contributed by atoms with Crippen molar-refractivity contribution in [1.82, 2.24) is 9.88 Å². The molecule has 0 bridgehead atoms. The van der Waals surface area contributed by atoms with E-state index in [1.54, 1.807) is 17.2 Å². The van der Waals surface area contributed by atoms with Crippen LogP contribution in [0.25, 0.3) is 0 Å². The maximum absolute atomic E-state index is 14.2. The minimum Gasteiger partial charge on any atom is -0.465 e. The summed E-state index contributed by atoms with van der Waals surface area (Å²) in [5, 5.41) is 9.51. The molecule has 0 radical (unpaired) electrons. The normalized spacial score (nSPS) is 22.5. The second-order valence-corrected chi connectivity index (χ2v) is 6.65. The van der Waals surface area contributed by atoms with Gasteiger partial charge in [-0.25, -0.2) is 9.18 Å². The maximum Gasteiger partial charge on any atom is 0.408 e. The summed E-state index contributed by atoms with van der Waals surface area (Å²) in [4.78, 5) is 18.7. The molecule has 22 heavy (non-hydrogen) atoms. The van der Waals surface area contributed by atoms with Crippen LogP contribution in [0.1, 0.15) is 27.2 Å². The molecule has 3 N–H and O–H groups in total. The Morgan fingerprint density at radius 2 is 2.18 bits per heavy atom. The molecule has 0 unspecified atom stereocenters. The molecule has 122 valence electrons. The second kappa shape index (κ2) is 5.98. The number of nitrogen functional groups attached to an aromatic ring is 1. The van der Waals surface area contributed by atoms with Gasteiger partial charge in [0, 0.05) is 31.2 Å². The number of halogens is 1. The van der Waals surface area contributed by atoms with Gasteiger partial charge in [0.15, 0.2) is 0 Å². The second-order valence-electron chi connectivity index (χ2n) is 6.65. The SMILES string of the molecule is CC(C)(C)N(C(=O)O)[C@H]1C[C@@H](F)CN(c2ccncc2N)C1. The van der Waals surface area contributed by atoms with Crippen LogP contribution < -0.4 is 10.6 Å². The minimum absolute atomic E-state index is 0.199. The van der Waals surface area contributed by atoms with E-state index in [0.29, 0.717) is 17.9 Å². The number of alkyl halides is 1. The van der Waals surface area contributed by atoms with Gasteiger partial charge in [0.05, 0.1) is 23.6 Å². The minimum atomic E-state index is -1.10. The molecule has 2 atom stereocenters. The zero-order chi connectivity index (χ0) is 16.5. The van der Waals surface area contributed by atoms with Crippen molar-refractivity contribution in [1.29, 1.82) is 0 Å². The van der Waals surface area contributed by atoms with Crippen LogP contribution in [0, 0.1) is 0 Å². The molecule has 1 fully saturated rings. The highest BCUT2D eigenvalue weighted by atomic mass is 19.1. The summed E-state index contributed by atoms with van der Waals surface area (Å²) >= 11 is 0. The Balaban J connectivity index is 2.28. The molecule has 1 amide bonds. The van der Waals surface area contributed by atoms with E-state index in [-0.39, 0.29) is 13.0 Å². The molecule has 1 aromatic heterocycles. The van der Waals surface area contributed by atoms with Gasteiger partial charge in [0.2, 0.25) is 0 Å². The predicted octanol–water partition coefficient (Wildman–Crippen LogP) is 2.36. The number of aromatic nitrogens is 1. The number of rotatable bonds is 2. The van der Waals surface area contributed by atoms with Gasteiger partial charge in [-0.3, -0.25) is 9.88 Å². The first-order chi connectivity index (χ1) is 10.2. The molecule has 1 aromatic rings. The van der Waals surface area contributed by atoms with Gasteiger partial charge in [-0.1, -0.05) is 0 Å². The molecular formula is C15H23FN4O2. The van der Waals surface area contributed by atoms with E-state index >= 15 is 0 Å². The van der Waals surface area contributed by atoms with E-state index in [9.17, 15) is 14.3 Å². The third-order valence-corrected chi connectivity index (χ3v) is 3.84. The van der Waals surface area contributed by atoms with E-state index in [4.69, 9.17) is 5.73 Å². The zero-order valence-corrected chi connectivity index (χ0v) is 13.2. The summed E-state index contributed by atoms with van der Waals surface area (Å²) in [5.41, 5.74) is 6.47. The molecule has 7 heteroatoms. The number of nitrogens with zero attached hydrogens (tertiary/aromatic N) is 3. The van der Waals surface area contributed by atoms with Crippen molar-refractivity contribution in [2.45, 2.75) is 44.9 Å². The smallest absolute Gasteiger partial charge is 0.408 e. The van der Waals surface area contributed by atoms with Gasteiger partial charge in [-0.2, -0.15) is 0 Å². The number of hydrogen-bond donors (Lipinski definition) is 2. The Kier molecular flexibility index (Phi) is 4.44. The van der Waals surface area contributed by atoms with Crippen LogP contribution in [0.4, 0.5) is 20.6 Å². The molecule has 2 heterocycles. The van der Waals surface area contributed by atoms with Crippen LogP contribution in [-0.2, 0) is 0 Å². The molecule has 2 rings (SSSR count). The van der Waals surface area contributed by atoms with Crippen LogP contribution in [0.5, 0.6) is 0 Å². The van der Waals surface area contributed by atoms with E-state index < -0.39 is 23.8 Å². The molecule has 1 aliphatic heterocycles. The summed E-state index contributed by atoms with van der Waals surface area (Å²) in [6, 6.07) is 1.31. The van der Waals surface area contributed by atoms with Crippen LogP contribution in [0.2, 0.25) is 0 Å². The average molecular weight is 310 g/mol. The molecule has 0 aromatic carbocycles. The lowest BCUT2D eigenvalue weighted by Gasteiger charge is -2.45. The van der Waals surface area contributed by atoms with Crippen LogP contribution in [-0.4, -0.2) is 51.9 Å². The first-order valence-corrected chi connectivity index (χ1v) is 7.31. The average Bonchev–Trinajstić information content (AvgIpc) is 2.36. The number of carboxylic acid groups (broad SMARTS) is 1. The number of carbonyl (C=O) groups is 1. The van der Waals surface area contributed by atoms with Crippen molar-refractivity contribution in [3.05, 3.63) is 18.5 Å². The Morgan fingerprint density at radius 3 is 2.73 bits per heavy atom. The number of amides is 1. The van der Waals surface area contributed by atoms with E-state index in [1.807, 2.05) is 20.8 Å². The van der Waals surface area contributed by atoms with Crippen molar-refractivity contribution in [3.63, 3.8) is 0 Å². The Hall–Kier alpha value is -2.05. The van der Waals surface area contributed by atoms with Gasteiger partial charge in [0.25, 0.3) is 0 Å². The number of hydrogen-bond acceptors (Lipinski definition) is 4. The quantitative estimate of drug-likeness (QED) is 0.876. The monoisotopic (exact) mass is 310 g/mol. The van der Waals surface area contributed by atoms with Crippen molar-refractivity contribution < 1.29 is 14.3 Å². The molecule has 0 saturated carbocycles. The Bertz CT molecular complexity index is 547. The van der Waals surface area contributed by atoms with Crippen molar-refractivity contribution in [3.8, 4) is 0 Å². The molecule has 1 aliphatic rings. The number of nitrogens with two attached hydrogens (primary N) is 1. The van der Waals surface area contributed by atoms with Gasteiger partial charge in [-0.05, 0) is 26.8 Å². The van der Waals surface area contributed by atoms with Gasteiger partial charge in [0.1, 0.15) is 6.17 Å².